The van der Waals surface area contributed by atoms with Crippen LogP contribution in [0.2, 0.25) is 5.15 Å². The quantitative estimate of drug-likeness (QED) is 0.707. The van der Waals surface area contributed by atoms with Crippen LogP contribution in [0.25, 0.3) is 0 Å². The van der Waals surface area contributed by atoms with Crippen LogP contribution in [-0.4, -0.2) is 65.1 Å². The van der Waals surface area contributed by atoms with E-state index >= 15 is 0 Å². The predicted molar refractivity (Wildman–Crippen MR) is 110 cm³/mol. The van der Waals surface area contributed by atoms with Gasteiger partial charge in [-0.1, -0.05) is 11.6 Å². The lowest BCUT2D eigenvalue weighted by molar-refractivity contribution is 0.00582. The Bertz CT molecular complexity index is 739. The smallest absolute Gasteiger partial charge is 0.410 e. The Balaban J connectivity index is 1.55. The van der Waals surface area contributed by atoms with Crippen molar-refractivity contribution < 1.29 is 9.53 Å². The predicted octanol–water partition coefficient (Wildman–Crippen LogP) is 3.71. The van der Waals surface area contributed by atoms with Gasteiger partial charge in [0, 0.05) is 44.3 Å². The monoisotopic (exact) mass is 407 g/mol. The SMILES string of the molecule is CN1CCCN([C@@H]2C[C@H]3CC[C@@H](C2)N3C(=O)OC(C)(C)C)c2nnc(Cl)cc21. The van der Waals surface area contributed by atoms with Gasteiger partial charge < -0.3 is 19.4 Å². The van der Waals surface area contributed by atoms with Gasteiger partial charge in [-0.2, -0.15) is 0 Å². The summed E-state index contributed by atoms with van der Waals surface area (Å²) in [7, 11) is 2.08. The van der Waals surface area contributed by atoms with E-state index in [4.69, 9.17) is 16.3 Å². The van der Waals surface area contributed by atoms with E-state index in [-0.39, 0.29) is 18.2 Å². The molecule has 28 heavy (non-hydrogen) atoms. The third-order valence-corrected chi connectivity index (χ3v) is 6.24. The summed E-state index contributed by atoms with van der Waals surface area (Å²) in [5.41, 5.74) is 0.579. The molecule has 8 heteroatoms. The standard InChI is InChI=1S/C20H30ClN5O2/c1-20(2,3)28-19(27)26-13-6-7-14(26)11-15(10-13)25-9-5-8-24(4)16-12-17(21)22-23-18(16)25/h12-15H,5-11H2,1-4H3/t13-,14+,15-. The summed E-state index contributed by atoms with van der Waals surface area (Å²) in [6, 6.07) is 2.75. The maximum atomic E-state index is 12.7. The molecule has 2 fully saturated rings. The molecule has 2 saturated heterocycles. The minimum atomic E-state index is -0.462. The number of hydrogen-bond donors (Lipinski definition) is 0. The van der Waals surface area contributed by atoms with Crippen molar-refractivity contribution >= 4 is 29.2 Å². The summed E-state index contributed by atoms with van der Waals surface area (Å²) in [6.07, 6.45) is 4.89. The molecule has 2 bridgehead atoms. The maximum absolute atomic E-state index is 12.7. The topological polar surface area (TPSA) is 61.8 Å². The first-order valence-corrected chi connectivity index (χ1v) is 10.6. The van der Waals surface area contributed by atoms with E-state index in [1.165, 1.54) is 0 Å². The average Bonchev–Trinajstić information content (AvgIpc) is 2.77. The molecule has 1 aromatic rings. The van der Waals surface area contributed by atoms with Gasteiger partial charge in [0.1, 0.15) is 5.60 Å². The first kappa shape index (κ1) is 19.6. The molecule has 7 nitrogen and oxygen atoms in total. The second kappa shape index (κ2) is 7.25. The van der Waals surface area contributed by atoms with E-state index in [0.717, 1.165) is 56.7 Å². The van der Waals surface area contributed by atoms with E-state index in [9.17, 15) is 4.79 Å². The molecular weight excluding hydrogens is 378 g/mol. The van der Waals surface area contributed by atoms with Crippen molar-refractivity contribution in [3.05, 3.63) is 11.2 Å². The van der Waals surface area contributed by atoms with Gasteiger partial charge >= 0.3 is 6.09 Å². The molecule has 0 spiro atoms. The normalized spacial score (nSPS) is 27.5. The number of nitrogens with zero attached hydrogens (tertiary/aromatic N) is 5. The second-order valence-corrected chi connectivity index (χ2v) is 9.63. The molecule has 1 aromatic heterocycles. The molecular formula is C20H30ClN5O2. The molecule has 0 aliphatic carbocycles. The summed E-state index contributed by atoms with van der Waals surface area (Å²) >= 11 is 6.11. The van der Waals surface area contributed by atoms with Crippen LogP contribution in [0.15, 0.2) is 6.07 Å². The van der Waals surface area contributed by atoms with E-state index in [2.05, 4.69) is 27.0 Å². The molecule has 3 atom stereocenters. The zero-order valence-electron chi connectivity index (χ0n) is 17.2. The summed E-state index contributed by atoms with van der Waals surface area (Å²) < 4.78 is 5.67. The van der Waals surface area contributed by atoms with Crippen LogP contribution in [0.4, 0.5) is 16.3 Å². The maximum Gasteiger partial charge on any atom is 0.410 e. The Hall–Kier alpha value is -1.76. The number of ether oxygens (including phenoxy) is 1. The second-order valence-electron chi connectivity index (χ2n) is 9.24. The van der Waals surface area contributed by atoms with E-state index in [1.807, 2.05) is 31.7 Å². The number of carbonyl (C=O) groups excluding carboxylic acids is 1. The number of anilines is 2. The molecule has 3 aliphatic rings. The molecule has 0 N–H and O–H groups in total. The number of aromatic nitrogens is 2. The van der Waals surface area contributed by atoms with Gasteiger partial charge in [0.05, 0.1) is 5.69 Å². The van der Waals surface area contributed by atoms with Gasteiger partial charge in [0.15, 0.2) is 11.0 Å². The lowest BCUT2D eigenvalue weighted by Gasteiger charge is -2.43. The van der Waals surface area contributed by atoms with Crippen LogP contribution in [0.3, 0.4) is 0 Å². The molecule has 0 radical (unpaired) electrons. The van der Waals surface area contributed by atoms with Crippen molar-refractivity contribution in [3.8, 4) is 0 Å². The molecule has 0 saturated carbocycles. The van der Waals surface area contributed by atoms with E-state index < -0.39 is 5.60 Å². The van der Waals surface area contributed by atoms with Crippen LogP contribution < -0.4 is 9.80 Å². The highest BCUT2D eigenvalue weighted by Crippen LogP contribution is 2.41. The number of halogens is 1. The van der Waals surface area contributed by atoms with Crippen molar-refractivity contribution in [2.75, 3.05) is 29.9 Å². The van der Waals surface area contributed by atoms with Crippen LogP contribution in [0, 0.1) is 0 Å². The van der Waals surface area contributed by atoms with Crippen LogP contribution >= 0.6 is 11.6 Å². The van der Waals surface area contributed by atoms with Gasteiger partial charge in [-0.3, -0.25) is 0 Å². The Morgan fingerprint density at radius 1 is 1.14 bits per heavy atom. The molecule has 0 unspecified atom stereocenters. The fourth-order valence-electron chi connectivity index (χ4n) is 4.91. The minimum Gasteiger partial charge on any atom is -0.444 e. The number of carbonyl (C=O) groups is 1. The molecule has 1 amide bonds. The Kier molecular flexibility index (Phi) is 5.06. The zero-order chi connectivity index (χ0) is 20.1. The number of hydrogen-bond acceptors (Lipinski definition) is 6. The number of amides is 1. The number of fused-ring (bicyclic) bond motifs is 3. The average molecular weight is 408 g/mol. The molecule has 4 rings (SSSR count). The van der Waals surface area contributed by atoms with Gasteiger partial charge in [-0.15, -0.1) is 10.2 Å². The Morgan fingerprint density at radius 3 is 2.46 bits per heavy atom. The summed E-state index contributed by atoms with van der Waals surface area (Å²) in [5.74, 6) is 0.916. The highest BCUT2D eigenvalue weighted by atomic mass is 35.5. The number of piperidine rings is 1. The number of rotatable bonds is 1. The Labute approximate surface area is 172 Å². The zero-order valence-corrected chi connectivity index (χ0v) is 17.9. The molecule has 3 aliphatic heterocycles. The van der Waals surface area contributed by atoms with Gasteiger partial charge in [0.2, 0.25) is 0 Å². The minimum absolute atomic E-state index is 0.166. The van der Waals surface area contributed by atoms with Crippen molar-refractivity contribution in [3.63, 3.8) is 0 Å². The van der Waals surface area contributed by atoms with Crippen molar-refractivity contribution in [2.24, 2.45) is 0 Å². The summed E-state index contributed by atoms with van der Waals surface area (Å²) in [4.78, 5) is 19.3. The molecule has 154 valence electrons. The van der Waals surface area contributed by atoms with Crippen LogP contribution in [0.1, 0.15) is 52.9 Å². The largest absolute Gasteiger partial charge is 0.444 e. The van der Waals surface area contributed by atoms with Crippen molar-refractivity contribution in [1.29, 1.82) is 0 Å². The van der Waals surface area contributed by atoms with Crippen LogP contribution in [0.5, 0.6) is 0 Å². The fourth-order valence-corrected chi connectivity index (χ4v) is 5.05. The highest BCUT2D eigenvalue weighted by Gasteiger charge is 2.46. The molecule has 0 aromatic carbocycles. The van der Waals surface area contributed by atoms with Crippen LogP contribution in [-0.2, 0) is 4.74 Å². The summed E-state index contributed by atoms with van der Waals surface area (Å²) in [6.45, 7) is 7.69. The summed E-state index contributed by atoms with van der Waals surface area (Å²) in [5, 5.41) is 8.99. The third-order valence-electron chi connectivity index (χ3n) is 6.05. The van der Waals surface area contributed by atoms with Crippen molar-refractivity contribution in [2.45, 2.75) is 76.6 Å². The fraction of sp³-hybridized carbons (Fsp3) is 0.750. The molecule has 4 heterocycles. The lowest BCUT2D eigenvalue weighted by atomic mass is 9.96. The van der Waals surface area contributed by atoms with Gasteiger partial charge in [-0.05, 0) is 52.9 Å². The van der Waals surface area contributed by atoms with Gasteiger partial charge in [0.25, 0.3) is 0 Å². The van der Waals surface area contributed by atoms with E-state index in [1.54, 1.807) is 0 Å². The first-order chi connectivity index (χ1) is 13.2. The Morgan fingerprint density at radius 2 is 1.82 bits per heavy atom. The van der Waals surface area contributed by atoms with Crippen molar-refractivity contribution in [1.82, 2.24) is 15.1 Å². The highest BCUT2D eigenvalue weighted by molar-refractivity contribution is 6.29. The lowest BCUT2D eigenvalue weighted by Crippen LogP contribution is -2.54. The third kappa shape index (κ3) is 3.73. The van der Waals surface area contributed by atoms with Gasteiger partial charge in [-0.25, -0.2) is 4.79 Å². The first-order valence-electron chi connectivity index (χ1n) is 10.3. The van der Waals surface area contributed by atoms with E-state index in [0.29, 0.717) is 11.2 Å².